The van der Waals surface area contributed by atoms with E-state index in [0.717, 1.165) is 5.56 Å². The summed E-state index contributed by atoms with van der Waals surface area (Å²) < 4.78 is 6.91. The molecule has 112 valence electrons. The summed E-state index contributed by atoms with van der Waals surface area (Å²) in [5, 5.41) is 0. The van der Waals surface area contributed by atoms with Crippen molar-refractivity contribution in [2.75, 3.05) is 6.61 Å². The molecular formula is C17H22N2O2. The standard InChI is InChI=1S/C17H22N2O2/c1-4-21-16(20)15-9-6-10-19(15)12-17(3,18)14-8-5-7-13(2)11-14/h5-11H,4,12,18H2,1-3H3. The first-order valence-corrected chi connectivity index (χ1v) is 7.12. The van der Waals surface area contributed by atoms with Crippen LogP contribution in [0, 0.1) is 6.92 Å². The highest BCUT2D eigenvalue weighted by Gasteiger charge is 2.24. The lowest BCUT2D eigenvalue weighted by molar-refractivity contribution is 0.0512. The number of hydrogen-bond donors (Lipinski definition) is 1. The van der Waals surface area contributed by atoms with E-state index in [0.29, 0.717) is 18.8 Å². The quantitative estimate of drug-likeness (QED) is 0.860. The number of rotatable bonds is 5. The van der Waals surface area contributed by atoms with Crippen molar-refractivity contribution in [2.45, 2.75) is 32.9 Å². The zero-order valence-corrected chi connectivity index (χ0v) is 12.8. The van der Waals surface area contributed by atoms with Crippen molar-refractivity contribution in [3.8, 4) is 0 Å². The Hall–Kier alpha value is -2.07. The van der Waals surface area contributed by atoms with Crippen molar-refractivity contribution < 1.29 is 9.53 Å². The van der Waals surface area contributed by atoms with Crippen LogP contribution in [0.25, 0.3) is 0 Å². The average molecular weight is 286 g/mol. The summed E-state index contributed by atoms with van der Waals surface area (Å²) in [6, 6.07) is 11.7. The highest BCUT2D eigenvalue weighted by Crippen LogP contribution is 2.22. The number of benzene rings is 1. The third-order valence-corrected chi connectivity index (χ3v) is 3.49. The van der Waals surface area contributed by atoms with Gasteiger partial charge < -0.3 is 15.0 Å². The summed E-state index contributed by atoms with van der Waals surface area (Å²) in [4.78, 5) is 11.9. The van der Waals surface area contributed by atoms with Crippen molar-refractivity contribution in [2.24, 2.45) is 5.73 Å². The molecule has 0 saturated carbocycles. The molecular weight excluding hydrogens is 264 g/mol. The smallest absolute Gasteiger partial charge is 0.354 e. The molecule has 2 N–H and O–H groups in total. The molecule has 1 aromatic carbocycles. The van der Waals surface area contributed by atoms with Crippen LogP contribution in [0.5, 0.6) is 0 Å². The summed E-state index contributed by atoms with van der Waals surface area (Å²) >= 11 is 0. The predicted molar refractivity (Wildman–Crippen MR) is 83.1 cm³/mol. The molecule has 0 amide bonds. The molecule has 1 heterocycles. The zero-order chi connectivity index (χ0) is 15.5. The fourth-order valence-electron chi connectivity index (χ4n) is 2.39. The molecule has 21 heavy (non-hydrogen) atoms. The van der Waals surface area contributed by atoms with E-state index in [1.807, 2.05) is 48.9 Å². The Bertz CT molecular complexity index is 629. The summed E-state index contributed by atoms with van der Waals surface area (Å²) in [5.41, 5.74) is 8.65. The first-order valence-electron chi connectivity index (χ1n) is 7.12. The molecule has 1 atom stereocenters. The number of nitrogens with two attached hydrogens (primary N) is 1. The molecule has 4 nitrogen and oxygen atoms in total. The summed E-state index contributed by atoms with van der Waals surface area (Å²) in [7, 11) is 0. The Balaban J connectivity index is 2.25. The van der Waals surface area contributed by atoms with Gasteiger partial charge in [0.25, 0.3) is 0 Å². The van der Waals surface area contributed by atoms with Gasteiger partial charge >= 0.3 is 5.97 Å². The van der Waals surface area contributed by atoms with Crippen molar-refractivity contribution >= 4 is 5.97 Å². The SMILES string of the molecule is CCOC(=O)c1cccn1CC(C)(N)c1cccc(C)c1. The highest BCUT2D eigenvalue weighted by molar-refractivity contribution is 5.87. The van der Waals surface area contributed by atoms with Gasteiger partial charge in [-0.15, -0.1) is 0 Å². The van der Waals surface area contributed by atoms with Crippen molar-refractivity contribution in [1.82, 2.24) is 4.57 Å². The van der Waals surface area contributed by atoms with Crippen LogP contribution in [0.3, 0.4) is 0 Å². The monoisotopic (exact) mass is 286 g/mol. The Morgan fingerprint density at radius 2 is 2.10 bits per heavy atom. The Labute approximate surface area is 125 Å². The third kappa shape index (κ3) is 3.52. The lowest BCUT2D eigenvalue weighted by Crippen LogP contribution is -2.38. The second-order valence-electron chi connectivity index (χ2n) is 5.53. The lowest BCUT2D eigenvalue weighted by atomic mass is 9.92. The first kappa shape index (κ1) is 15.3. The number of aromatic nitrogens is 1. The van der Waals surface area contributed by atoms with Gasteiger partial charge in [0.05, 0.1) is 12.1 Å². The van der Waals surface area contributed by atoms with Gasteiger partial charge in [0.2, 0.25) is 0 Å². The molecule has 2 aromatic rings. The van der Waals surface area contributed by atoms with E-state index in [4.69, 9.17) is 10.5 Å². The van der Waals surface area contributed by atoms with Crippen LogP contribution in [-0.2, 0) is 16.8 Å². The minimum Gasteiger partial charge on any atom is -0.461 e. The Kier molecular flexibility index (Phi) is 4.48. The second kappa shape index (κ2) is 6.14. The Morgan fingerprint density at radius 3 is 2.76 bits per heavy atom. The van der Waals surface area contributed by atoms with Gasteiger partial charge in [0, 0.05) is 12.7 Å². The Morgan fingerprint density at radius 1 is 1.33 bits per heavy atom. The van der Waals surface area contributed by atoms with Gasteiger partial charge in [0.15, 0.2) is 0 Å². The number of carbonyl (C=O) groups excluding carboxylic acids is 1. The largest absolute Gasteiger partial charge is 0.461 e. The molecule has 0 fully saturated rings. The fraction of sp³-hybridized carbons (Fsp3) is 0.353. The summed E-state index contributed by atoms with van der Waals surface area (Å²) in [5.74, 6) is -0.317. The molecule has 0 radical (unpaired) electrons. The number of esters is 1. The molecule has 0 bridgehead atoms. The van der Waals surface area contributed by atoms with Crippen molar-refractivity contribution in [3.05, 3.63) is 59.4 Å². The third-order valence-electron chi connectivity index (χ3n) is 3.49. The van der Waals surface area contributed by atoms with Gasteiger partial charge in [-0.3, -0.25) is 0 Å². The lowest BCUT2D eigenvalue weighted by Gasteiger charge is -2.27. The normalized spacial score (nSPS) is 13.7. The maximum atomic E-state index is 11.9. The topological polar surface area (TPSA) is 57.2 Å². The molecule has 0 aliphatic rings. The molecule has 1 unspecified atom stereocenters. The van der Waals surface area contributed by atoms with Gasteiger partial charge in [-0.25, -0.2) is 4.79 Å². The maximum Gasteiger partial charge on any atom is 0.354 e. The highest BCUT2D eigenvalue weighted by atomic mass is 16.5. The molecule has 0 spiro atoms. The number of hydrogen-bond acceptors (Lipinski definition) is 3. The maximum absolute atomic E-state index is 11.9. The van der Waals surface area contributed by atoms with Gasteiger partial charge in [-0.1, -0.05) is 29.8 Å². The number of carbonyl (C=O) groups is 1. The first-order chi connectivity index (χ1) is 9.94. The zero-order valence-electron chi connectivity index (χ0n) is 12.8. The van der Waals surface area contributed by atoms with Crippen LogP contribution < -0.4 is 5.73 Å². The van der Waals surface area contributed by atoms with Crippen LogP contribution in [0.1, 0.15) is 35.5 Å². The van der Waals surface area contributed by atoms with Gasteiger partial charge in [-0.2, -0.15) is 0 Å². The van der Waals surface area contributed by atoms with E-state index in [-0.39, 0.29) is 5.97 Å². The van der Waals surface area contributed by atoms with E-state index in [9.17, 15) is 4.79 Å². The molecule has 2 rings (SSSR count). The van der Waals surface area contributed by atoms with Crippen LogP contribution >= 0.6 is 0 Å². The van der Waals surface area contributed by atoms with Crippen LogP contribution in [0.2, 0.25) is 0 Å². The van der Waals surface area contributed by atoms with E-state index >= 15 is 0 Å². The van der Waals surface area contributed by atoms with Gasteiger partial charge in [0.1, 0.15) is 5.69 Å². The van der Waals surface area contributed by atoms with E-state index in [2.05, 4.69) is 6.07 Å². The van der Waals surface area contributed by atoms with Crippen LogP contribution in [0.4, 0.5) is 0 Å². The predicted octanol–water partition coefficient (Wildman–Crippen LogP) is 2.85. The average Bonchev–Trinajstić information content (AvgIpc) is 2.86. The molecule has 1 aromatic heterocycles. The van der Waals surface area contributed by atoms with E-state index in [1.54, 1.807) is 13.0 Å². The second-order valence-corrected chi connectivity index (χ2v) is 5.53. The summed E-state index contributed by atoms with van der Waals surface area (Å²) in [6.45, 7) is 6.68. The molecule has 4 heteroatoms. The fourth-order valence-corrected chi connectivity index (χ4v) is 2.39. The summed E-state index contributed by atoms with van der Waals surface area (Å²) in [6.07, 6.45) is 1.85. The number of nitrogens with zero attached hydrogens (tertiary/aromatic N) is 1. The minimum atomic E-state index is -0.563. The van der Waals surface area contributed by atoms with E-state index < -0.39 is 5.54 Å². The van der Waals surface area contributed by atoms with Crippen molar-refractivity contribution in [1.29, 1.82) is 0 Å². The molecule has 0 aliphatic carbocycles. The molecule has 0 aliphatic heterocycles. The number of ether oxygens (including phenoxy) is 1. The van der Waals surface area contributed by atoms with Crippen molar-refractivity contribution in [3.63, 3.8) is 0 Å². The molecule has 0 saturated heterocycles. The van der Waals surface area contributed by atoms with Gasteiger partial charge in [-0.05, 0) is 38.5 Å². The van der Waals surface area contributed by atoms with E-state index in [1.165, 1.54) is 5.56 Å². The van der Waals surface area contributed by atoms with Crippen LogP contribution in [-0.4, -0.2) is 17.1 Å². The number of aryl methyl sites for hydroxylation is 1. The van der Waals surface area contributed by atoms with Crippen LogP contribution in [0.15, 0.2) is 42.6 Å². The minimum absolute atomic E-state index is 0.317.